The molecule has 2 aromatic carbocycles. The van der Waals surface area contributed by atoms with Gasteiger partial charge in [0.25, 0.3) is 5.91 Å². The predicted octanol–water partition coefficient (Wildman–Crippen LogP) is 3.73. The lowest BCUT2D eigenvalue weighted by Gasteiger charge is -2.26. The van der Waals surface area contributed by atoms with Crippen molar-refractivity contribution in [2.45, 2.75) is 38.7 Å². The maximum absolute atomic E-state index is 12.8. The van der Waals surface area contributed by atoms with Gasteiger partial charge in [-0.15, -0.1) is 0 Å². The highest BCUT2D eigenvalue weighted by Gasteiger charge is 2.31. The van der Waals surface area contributed by atoms with Crippen LogP contribution in [0.15, 0.2) is 36.4 Å². The average molecular weight is 350 g/mol. The SMILES string of the molecule is CC1Oc2c(C(=O)Nc3ccc4c(c3)CCC(=O)N4C)cccc2C1C. The third-order valence-corrected chi connectivity index (χ3v) is 5.47. The van der Waals surface area contributed by atoms with Crippen LogP contribution in [0, 0.1) is 0 Å². The zero-order valence-corrected chi connectivity index (χ0v) is 15.2. The molecule has 0 aliphatic carbocycles. The summed E-state index contributed by atoms with van der Waals surface area (Å²) < 4.78 is 5.92. The monoisotopic (exact) mass is 350 g/mol. The predicted molar refractivity (Wildman–Crippen MR) is 101 cm³/mol. The molecule has 0 fully saturated rings. The third kappa shape index (κ3) is 2.64. The van der Waals surface area contributed by atoms with Crippen LogP contribution < -0.4 is 15.0 Å². The number of carbonyl (C=O) groups is 2. The number of ether oxygens (including phenoxy) is 1. The minimum Gasteiger partial charge on any atom is -0.489 e. The van der Waals surface area contributed by atoms with Crippen molar-refractivity contribution in [2.75, 3.05) is 17.3 Å². The lowest BCUT2D eigenvalue weighted by Crippen LogP contribution is -2.31. The minimum atomic E-state index is -0.177. The van der Waals surface area contributed by atoms with Gasteiger partial charge in [0, 0.05) is 36.3 Å². The van der Waals surface area contributed by atoms with Crippen molar-refractivity contribution in [1.29, 1.82) is 0 Å². The first-order chi connectivity index (χ1) is 12.5. The Balaban J connectivity index is 1.60. The molecule has 0 aromatic heterocycles. The first-order valence-corrected chi connectivity index (χ1v) is 8.96. The fraction of sp³-hybridized carbons (Fsp3) is 0.333. The summed E-state index contributed by atoms with van der Waals surface area (Å²) in [5.41, 5.74) is 4.35. The van der Waals surface area contributed by atoms with Crippen molar-refractivity contribution in [3.63, 3.8) is 0 Å². The van der Waals surface area contributed by atoms with Gasteiger partial charge in [0.15, 0.2) is 0 Å². The number of fused-ring (bicyclic) bond motifs is 2. The van der Waals surface area contributed by atoms with E-state index in [-0.39, 0.29) is 23.8 Å². The second kappa shape index (κ2) is 6.16. The van der Waals surface area contributed by atoms with Gasteiger partial charge in [-0.2, -0.15) is 0 Å². The van der Waals surface area contributed by atoms with Crippen LogP contribution in [-0.2, 0) is 11.2 Å². The van der Waals surface area contributed by atoms with Crippen LogP contribution in [0.1, 0.15) is 47.7 Å². The number of amides is 2. The van der Waals surface area contributed by atoms with Gasteiger partial charge in [0.05, 0.1) is 5.56 Å². The van der Waals surface area contributed by atoms with Crippen LogP contribution in [0.2, 0.25) is 0 Å². The summed E-state index contributed by atoms with van der Waals surface area (Å²) in [7, 11) is 1.78. The molecule has 0 spiro atoms. The van der Waals surface area contributed by atoms with E-state index in [2.05, 4.69) is 12.2 Å². The molecule has 2 aliphatic rings. The number of anilines is 2. The number of nitrogens with one attached hydrogen (secondary N) is 1. The Bertz CT molecular complexity index is 906. The molecule has 5 nitrogen and oxygen atoms in total. The number of aryl methyl sites for hydroxylation is 1. The van der Waals surface area contributed by atoms with Crippen molar-refractivity contribution in [3.05, 3.63) is 53.1 Å². The van der Waals surface area contributed by atoms with Gasteiger partial charge in [-0.25, -0.2) is 0 Å². The lowest BCUT2D eigenvalue weighted by atomic mass is 9.96. The van der Waals surface area contributed by atoms with E-state index in [1.165, 1.54) is 0 Å². The van der Waals surface area contributed by atoms with Gasteiger partial charge in [-0.1, -0.05) is 19.1 Å². The Morgan fingerprint density at radius 3 is 2.81 bits per heavy atom. The summed E-state index contributed by atoms with van der Waals surface area (Å²) in [6, 6.07) is 11.4. The molecule has 2 aliphatic heterocycles. The largest absolute Gasteiger partial charge is 0.489 e. The molecule has 0 saturated carbocycles. The quantitative estimate of drug-likeness (QED) is 0.898. The highest BCUT2D eigenvalue weighted by molar-refractivity contribution is 6.07. The van der Waals surface area contributed by atoms with E-state index in [1.807, 2.05) is 37.3 Å². The zero-order valence-electron chi connectivity index (χ0n) is 15.2. The molecular weight excluding hydrogens is 328 g/mol. The number of hydrogen-bond acceptors (Lipinski definition) is 3. The first-order valence-electron chi connectivity index (χ1n) is 8.96. The standard InChI is InChI=1S/C21H22N2O3/c1-12-13(2)26-20-16(12)5-4-6-17(20)21(25)22-15-8-9-18-14(11-15)7-10-19(24)23(18)3/h4-6,8-9,11-13H,7,10H2,1-3H3,(H,22,25). The summed E-state index contributed by atoms with van der Waals surface area (Å²) in [4.78, 5) is 26.3. The fourth-order valence-electron chi connectivity index (χ4n) is 3.70. The molecule has 134 valence electrons. The normalized spacial score (nSPS) is 21.0. The van der Waals surface area contributed by atoms with Crippen molar-refractivity contribution >= 4 is 23.2 Å². The van der Waals surface area contributed by atoms with E-state index in [9.17, 15) is 9.59 Å². The number of nitrogens with zero attached hydrogens (tertiary/aromatic N) is 1. The van der Waals surface area contributed by atoms with Crippen LogP contribution in [-0.4, -0.2) is 25.0 Å². The topological polar surface area (TPSA) is 58.6 Å². The number of benzene rings is 2. The molecule has 2 atom stereocenters. The zero-order chi connectivity index (χ0) is 18.4. The van der Waals surface area contributed by atoms with E-state index >= 15 is 0 Å². The Kier molecular flexibility index (Phi) is 3.94. The Labute approximate surface area is 153 Å². The molecule has 1 N–H and O–H groups in total. The van der Waals surface area contributed by atoms with Gasteiger partial charge in [-0.05, 0) is 43.2 Å². The van der Waals surface area contributed by atoms with Crippen molar-refractivity contribution in [3.8, 4) is 5.75 Å². The fourth-order valence-corrected chi connectivity index (χ4v) is 3.70. The van der Waals surface area contributed by atoms with Crippen molar-refractivity contribution < 1.29 is 14.3 Å². The number of hydrogen-bond donors (Lipinski definition) is 1. The van der Waals surface area contributed by atoms with Gasteiger partial charge in [-0.3, -0.25) is 9.59 Å². The summed E-state index contributed by atoms with van der Waals surface area (Å²) >= 11 is 0. The van der Waals surface area contributed by atoms with Crippen LogP contribution in [0.5, 0.6) is 5.75 Å². The maximum Gasteiger partial charge on any atom is 0.259 e. The molecule has 26 heavy (non-hydrogen) atoms. The average Bonchev–Trinajstić information content (AvgIpc) is 2.93. The van der Waals surface area contributed by atoms with Crippen molar-refractivity contribution in [2.24, 2.45) is 0 Å². The minimum absolute atomic E-state index is 0.0655. The van der Waals surface area contributed by atoms with E-state index < -0.39 is 0 Å². The molecule has 0 radical (unpaired) electrons. The van der Waals surface area contributed by atoms with E-state index in [0.717, 1.165) is 22.5 Å². The second-order valence-electron chi connectivity index (χ2n) is 7.09. The Hall–Kier alpha value is -2.82. The molecule has 5 heteroatoms. The second-order valence-corrected chi connectivity index (χ2v) is 7.09. The highest BCUT2D eigenvalue weighted by atomic mass is 16.5. The third-order valence-electron chi connectivity index (χ3n) is 5.47. The smallest absolute Gasteiger partial charge is 0.259 e. The maximum atomic E-state index is 12.8. The number of para-hydroxylation sites is 1. The van der Waals surface area contributed by atoms with Crippen LogP contribution >= 0.6 is 0 Å². The molecule has 2 unspecified atom stereocenters. The summed E-state index contributed by atoms with van der Waals surface area (Å²) in [6.45, 7) is 4.13. The number of carbonyl (C=O) groups excluding carboxylic acids is 2. The summed E-state index contributed by atoms with van der Waals surface area (Å²) in [6.07, 6.45) is 1.26. The molecule has 4 rings (SSSR count). The molecule has 2 amide bonds. The molecule has 0 saturated heterocycles. The Morgan fingerprint density at radius 2 is 2.00 bits per heavy atom. The first kappa shape index (κ1) is 16.6. The molecular formula is C21H22N2O3. The Morgan fingerprint density at radius 1 is 1.19 bits per heavy atom. The van der Waals surface area contributed by atoms with Crippen molar-refractivity contribution in [1.82, 2.24) is 0 Å². The van der Waals surface area contributed by atoms with Crippen LogP contribution in [0.3, 0.4) is 0 Å². The van der Waals surface area contributed by atoms with Gasteiger partial charge < -0.3 is 15.0 Å². The van der Waals surface area contributed by atoms with E-state index in [4.69, 9.17) is 4.74 Å². The van der Waals surface area contributed by atoms with Gasteiger partial charge >= 0.3 is 0 Å². The van der Waals surface area contributed by atoms with E-state index in [1.54, 1.807) is 18.0 Å². The molecule has 0 bridgehead atoms. The van der Waals surface area contributed by atoms with Gasteiger partial charge in [0.1, 0.15) is 11.9 Å². The summed E-state index contributed by atoms with van der Waals surface area (Å²) in [5, 5.41) is 2.97. The van der Waals surface area contributed by atoms with Crippen LogP contribution in [0.4, 0.5) is 11.4 Å². The molecule has 2 heterocycles. The molecule has 2 aromatic rings. The summed E-state index contributed by atoms with van der Waals surface area (Å²) in [5.74, 6) is 0.903. The van der Waals surface area contributed by atoms with Gasteiger partial charge in [0.2, 0.25) is 5.91 Å². The highest BCUT2D eigenvalue weighted by Crippen LogP contribution is 2.40. The van der Waals surface area contributed by atoms with E-state index in [0.29, 0.717) is 24.2 Å². The lowest BCUT2D eigenvalue weighted by molar-refractivity contribution is -0.118. The number of rotatable bonds is 2. The van der Waals surface area contributed by atoms with Crippen LogP contribution in [0.25, 0.3) is 0 Å².